The highest BCUT2D eigenvalue weighted by molar-refractivity contribution is 9.10. The monoisotopic (exact) mass is 374 g/mol. The van der Waals surface area contributed by atoms with E-state index in [2.05, 4.69) is 31.1 Å². The number of pyridine rings is 2. The SMILES string of the molecule is CC(C)c1noc2ncc(C(=O)N(C)c3cccc(Br)n3)cc12. The van der Waals surface area contributed by atoms with Crippen LogP contribution in [0.5, 0.6) is 0 Å². The Bertz CT molecular complexity index is 875. The predicted molar refractivity (Wildman–Crippen MR) is 90.6 cm³/mol. The molecule has 0 fully saturated rings. The Hall–Kier alpha value is -2.28. The van der Waals surface area contributed by atoms with Crippen molar-refractivity contribution in [1.82, 2.24) is 15.1 Å². The van der Waals surface area contributed by atoms with E-state index >= 15 is 0 Å². The maximum Gasteiger partial charge on any atom is 0.260 e. The first kappa shape index (κ1) is 15.6. The third kappa shape index (κ3) is 2.96. The van der Waals surface area contributed by atoms with Crippen LogP contribution in [0.4, 0.5) is 5.82 Å². The molecule has 0 aromatic carbocycles. The number of nitrogens with zero attached hydrogens (tertiary/aromatic N) is 4. The molecule has 3 rings (SSSR count). The molecule has 0 saturated heterocycles. The van der Waals surface area contributed by atoms with Gasteiger partial charge in [-0.2, -0.15) is 0 Å². The first-order valence-corrected chi connectivity index (χ1v) is 7.92. The van der Waals surface area contributed by atoms with E-state index in [0.717, 1.165) is 11.1 Å². The van der Waals surface area contributed by atoms with E-state index in [1.807, 2.05) is 26.0 Å². The fourth-order valence-electron chi connectivity index (χ4n) is 2.27. The van der Waals surface area contributed by atoms with Gasteiger partial charge in [-0.05, 0) is 40.0 Å². The molecule has 3 aromatic rings. The first-order chi connectivity index (χ1) is 11.0. The second kappa shape index (κ2) is 6.08. The van der Waals surface area contributed by atoms with Crippen LogP contribution < -0.4 is 4.90 Å². The number of hydrogen-bond donors (Lipinski definition) is 0. The van der Waals surface area contributed by atoms with Crippen LogP contribution in [0.25, 0.3) is 11.1 Å². The first-order valence-electron chi connectivity index (χ1n) is 7.13. The molecule has 0 unspecified atom stereocenters. The van der Waals surface area contributed by atoms with Crippen molar-refractivity contribution in [2.45, 2.75) is 19.8 Å². The van der Waals surface area contributed by atoms with Crippen molar-refractivity contribution in [2.75, 3.05) is 11.9 Å². The van der Waals surface area contributed by atoms with Gasteiger partial charge in [-0.15, -0.1) is 0 Å². The van der Waals surface area contributed by atoms with Crippen molar-refractivity contribution >= 4 is 38.8 Å². The number of amides is 1. The summed E-state index contributed by atoms with van der Waals surface area (Å²) < 4.78 is 5.87. The summed E-state index contributed by atoms with van der Waals surface area (Å²) in [7, 11) is 1.68. The van der Waals surface area contributed by atoms with Gasteiger partial charge in [-0.25, -0.2) is 9.97 Å². The van der Waals surface area contributed by atoms with E-state index in [4.69, 9.17) is 4.52 Å². The fraction of sp³-hybridized carbons (Fsp3) is 0.250. The van der Waals surface area contributed by atoms with Crippen molar-refractivity contribution in [2.24, 2.45) is 0 Å². The van der Waals surface area contributed by atoms with Crippen LogP contribution in [0.2, 0.25) is 0 Å². The summed E-state index contributed by atoms with van der Waals surface area (Å²) in [5, 5.41) is 4.79. The van der Waals surface area contributed by atoms with Gasteiger partial charge in [0, 0.05) is 13.2 Å². The van der Waals surface area contributed by atoms with E-state index in [1.165, 1.54) is 11.1 Å². The molecular formula is C16H15BrN4O2. The Morgan fingerprint density at radius 1 is 1.35 bits per heavy atom. The molecule has 7 heteroatoms. The Morgan fingerprint density at radius 2 is 2.13 bits per heavy atom. The largest absolute Gasteiger partial charge is 0.336 e. The van der Waals surface area contributed by atoms with Gasteiger partial charge in [0.15, 0.2) is 0 Å². The Kier molecular flexibility index (Phi) is 4.12. The van der Waals surface area contributed by atoms with Gasteiger partial charge in [-0.1, -0.05) is 25.1 Å². The number of fused-ring (bicyclic) bond motifs is 1. The number of halogens is 1. The van der Waals surface area contributed by atoms with E-state index < -0.39 is 0 Å². The molecular weight excluding hydrogens is 360 g/mol. The quantitative estimate of drug-likeness (QED) is 0.652. The maximum absolute atomic E-state index is 12.7. The second-order valence-corrected chi connectivity index (χ2v) is 6.29. The average Bonchev–Trinajstić information content (AvgIpc) is 2.96. The lowest BCUT2D eigenvalue weighted by atomic mass is 10.1. The van der Waals surface area contributed by atoms with Gasteiger partial charge in [0.1, 0.15) is 10.4 Å². The zero-order valence-electron chi connectivity index (χ0n) is 12.9. The number of anilines is 1. The number of hydrogen-bond acceptors (Lipinski definition) is 5. The van der Waals surface area contributed by atoms with Gasteiger partial charge in [-0.3, -0.25) is 9.69 Å². The molecule has 0 saturated carbocycles. The maximum atomic E-state index is 12.7. The van der Waals surface area contributed by atoms with Gasteiger partial charge in [0.05, 0.1) is 16.6 Å². The Balaban J connectivity index is 1.98. The summed E-state index contributed by atoms with van der Waals surface area (Å²) >= 11 is 3.31. The van der Waals surface area contributed by atoms with Crippen LogP contribution in [-0.4, -0.2) is 28.1 Å². The van der Waals surface area contributed by atoms with Crippen LogP contribution in [0.3, 0.4) is 0 Å². The summed E-state index contributed by atoms with van der Waals surface area (Å²) in [6.45, 7) is 4.03. The van der Waals surface area contributed by atoms with Crippen molar-refractivity contribution in [3.63, 3.8) is 0 Å². The minimum atomic E-state index is -0.194. The topological polar surface area (TPSA) is 72.1 Å². The third-order valence-electron chi connectivity index (χ3n) is 3.50. The number of aromatic nitrogens is 3. The smallest absolute Gasteiger partial charge is 0.260 e. The number of carbonyl (C=O) groups is 1. The molecule has 23 heavy (non-hydrogen) atoms. The normalized spacial score (nSPS) is 11.2. The molecule has 0 aliphatic carbocycles. The Morgan fingerprint density at radius 3 is 2.83 bits per heavy atom. The molecule has 0 N–H and O–H groups in total. The van der Waals surface area contributed by atoms with Crippen molar-refractivity contribution < 1.29 is 9.32 Å². The van der Waals surface area contributed by atoms with Crippen molar-refractivity contribution in [3.8, 4) is 0 Å². The highest BCUT2D eigenvalue weighted by atomic mass is 79.9. The van der Waals surface area contributed by atoms with Crippen LogP contribution in [0.15, 0.2) is 39.6 Å². The molecule has 0 aliphatic rings. The van der Waals surface area contributed by atoms with E-state index in [9.17, 15) is 4.79 Å². The summed E-state index contributed by atoms with van der Waals surface area (Å²) in [6, 6.07) is 7.18. The number of rotatable bonds is 3. The lowest BCUT2D eigenvalue weighted by Gasteiger charge is -2.16. The Labute approximate surface area is 141 Å². The molecule has 1 amide bonds. The summed E-state index contributed by atoms with van der Waals surface area (Å²) in [5.41, 5.74) is 1.70. The number of carbonyl (C=O) groups excluding carboxylic acids is 1. The standard InChI is InChI=1S/C16H15BrN4O2/c1-9(2)14-11-7-10(8-18-15(11)23-20-14)16(22)21(3)13-6-4-5-12(17)19-13/h4-9H,1-3H3. The van der Waals surface area contributed by atoms with Crippen LogP contribution in [0.1, 0.15) is 35.8 Å². The zero-order valence-corrected chi connectivity index (χ0v) is 14.5. The third-order valence-corrected chi connectivity index (χ3v) is 3.94. The highest BCUT2D eigenvalue weighted by Crippen LogP contribution is 2.25. The average molecular weight is 375 g/mol. The minimum Gasteiger partial charge on any atom is -0.336 e. The summed E-state index contributed by atoms with van der Waals surface area (Å²) in [5.74, 6) is 0.549. The molecule has 3 heterocycles. The molecule has 6 nitrogen and oxygen atoms in total. The summed E-state index contributed by atoms with van der Waals surface area (Å²) in [4.78, 5) is 22.6. The van der Waals surface area contributed by atoms with Crippen LogP contribution in [-0.2, 0) is 0 Å². The van der Waals surface area contributed by atoms with Gasteiger partial charge < -0.3 is 4.52 Å². The van der Waals surface area contributed by atoms with E-state index in [-0.39, 0.29) is 11.8 Å². The molecule has 0 bridgehead atoms. The van der Waals surface area contributed by atoms with E-state index in [0.29, 0.717) is 21.7 Å². The van der Waals surface area contributed by atoms with Gasteiger partial charge in [0.2, 0.25) is 0 Å². The molecule has 3 aromatic heterocycles. The molecule has 0 atom stereocenters. The zero-order chi connectivity index (χ0) is 16.6. The lowest BCUT2D eigenvalue weighted by Crippen LogP contribution is -2.27. The van der Waals surface area contributed by atoms with Crippen molar-refractivity contribution in [1.29, 1.82) is 0 Å². The van der Waals surface area contributed by atoms with Gasteiger partial charge in [0.25, 0.3) is 11.6 Å². The van der Waals surface area contributed by atoms with Crippen molar-refractivity contribution in [3.05, 3.63) is 46.3 Å². The predicted octanol–water partition coefficient (Wildman–Crippen LogP) is 3.78. The lowest BCUT2D eigenvalue weighted by molar-refractivity contribution is 0.0992. The molecule has 0 spiro atoms. The second-order valence-electron chi connectivity index (χ2n) is 5.48. The summed E-state index contributed by atoms with van der Waals surface area (Å²) in [6.07, 6.45) is 1.49. The van der Waals surface area contributed by atoms with E-state index in [1.54, 1.807) is 19.2 Å². The minimum absolute atomic E-state index is 0.188. The fourth-order valence-corrected chi connectivity index (χ4v) is 2.60. The highest BCUT2D eigenvalue weighted by Gasteiger charge is 2.19. The van der Waals surface area contributed by atoms with Crippen LogP contribution in [0, 0.1) is 0 Å². The molecule has 0 aliphatic heterocycles. The molecule has 0 radical (unpaired) electrons. The van der Waals surface area contributed by atoms with Crippen LogP contribution >= 0.6 is 15.9 Å². The van der Waals surface area contributed by atoms with Gasteiger partial charge >= 0.3 is 0 Å². The molecule has 118 valence electrons.